The Labute approximate surface area is 122 Å². The van der Waals surface area contributed by atoms with Crippen molar-refractivity contribution in [2.24, 2.45) is 0 Å². The summed E-state index contributed by atoms with van der Waals surface area (Å²) in [4.78, 5) is 15.7. The maximum Gasteiger partial charge on any atom is 0.341 e. The third kappa shape index (κ3) is 3.16. The monoisotopic (exact) mass is 287 g/mol. The van der Waals surface area contributed by atoms with E-state index in [0.717, 1.165) is 5.69 Å². The van der Waals surface area contributed by atoms with Crippen LogP contribution in [0.4, 0.5) is 0 Å². The summed E-state index contributed by atoms with van der Waals surface area (Å²) in [7, 11) is 0. The molecule has 0 aliphatic carbocycles. The van der Waals surface area contributed by atoms with Crippen LogP contribution in [0.15, 0.2) is 18.3 Å². The van der Waals surface area contributed by atoms with Gasteiger partial charge in [0.2, 0.25) is 0 Å². The van der Waals surface area contributed by atoms with Crippen LogP contribution in [0.25, 0.3) is 0 Å². The number of aromatic nitrogens is 3. The predicted molar refractivity (Wildman–Crippen MR) is 76.8 cm³/mol. The molecule has 0 saturated heterocycles. The topological polar surface area (TPSA) is 85.2 Å². The number of ether oxygens (including phenoxy) is 1. The van der Waals surface area contributed by atoms with Crippen LogP contribution in [0.3, 0.4) is 0 Å². The minimum absolute atomic E-state index is 0.00204. The molecule has 0 bridgehead atoms. The van der Waals surface area contributed by atoms with E-state index in [1.807, 2.05) is 20.8 Å². The van der Waals surface area contributed by atoms with Gasteiger partial charge in [-0.05, 0) is 37.5 Å². The molecule has 21 heavy (non-hydrogen) atoms. The van der Waals surface area contributed by atoms with Crippen LogP contribution in [0.2, 0.25) is 0 Å². The third-order valence-electron chi connectivity index (χ3n) is 3.13. The Hall–Kier alpha value is -2.50. The second-order valence-electron chi connectivity index (χ2n) is 4.56. The lowest BCUT2D eigenvalue weighted by atomic mass is 10.0. The van der Waals surface area contributed by atoms with E-state index in [2.05, 4.69) is 15.2 Å². The zero-order valence-electron chi connectivity index (χ0n) is 12.3. The molecule has 0 unspecified atom stereocenters. The van der Waals surface area contributed by atoms with E-state index >= 15 is 0 Å². The normalized spacial score (nSPS) is 10.4. The molecular formula is C15H17N3O3. The molecule has 0 spiro atoms. The number of carbonyl (C=O) groups is 1. The Morgan fingerprint density at radius 1 is 1.24 bits per heavy atom. The van der Waals surface area contributed by atoms with Crippen molar-refractivity contribution in [2.45, 2.75) is 33.6 Å². The first kappa shape index (κ1) is 14.9. The summed E-state index contributed by atoms with van der Waals surface area (Å²) < 4.78 is 5.55. The average molecular weight is 287 g/mol. The molecule has 0 radical (unpaired) electrons. The number of rotatable bonds is 5. The standard InChI is InChI=1S/C15H17N3O3/c1-4-11-12(5-2)17-18-14(13(11)15(19)20)21-10-7-6-9(3)16-8-10/h6-8H,4-5H2,1-3H3,(H,19,20). The van der Waals surface area contributed by atoms with E-state index in [1.165, 1.54) is 6.20 Å². The molecule has 0 atom stereocenters. The molecule has 2 heterocycles. The van der Waals surface area contributed by atoms with Gasteiger partial charge in [0, 0.05) is 5.69 Å². The number of hydrogen-bond donors (Lipinski definition) is 1. The molecule has 6 nitrogen and oxygen atoms in total. The molecule has 2 rings (SSSR count). The van der Waals surface area contributed by atoms with Crippen LogP contribution in [-0.4, -0.2) is 26.3 Å². The highest BCUT2D eigenvalue weighted by atomic mass is 16.5. The van der Waals surface area contributed by atoms with Crippen molar-refractivity contribution >= 4 is 5.97 Å². The number of carboxylic acid groups (broad SMARTS) is 1. The zero-order chi connectivity index (χ0) is 15.4. The maximum absolute atomic E-state index is 11.6. The van der Waals surface area contributed by atoms with Gasteiger partial charge in [0.05, 0.1) is 11.9 Å². The Bertz CT molecular complexity index is 654. The molecule has 1 N–H and O–H groups in total. The molecule has 0 aromatic carbocycles. The Balaban J connectivity index is 2.48. The zero-order valence-corrected chi connectivity index (χ0v) is 12.3. The van der Waals surface area contributed by atoms with E-state index in [1.54, 1.807) is 12.1 Å². The van der Waals surface area contributed by atoms with Crippen LogP contribution in [0, 0.1) is 6.92 Å². The van der Waals surface area contributed by atoms with Gasteiger partial charge in [-0.3, -0.25) is 4.98 Å². The van der Waals surface area contributed by atoms with Crippen molar-refractivity contribution in [3.63, 3.8) is 0 Å². The Morgan fingerprint density at radius 3 is 2.52 bits per heavy atom. The number of carboxylic acids is 1. The van der Waals surface area contributed by atoms with Gasteiger partial charge < -0.3 is 9.84 Å². The van der Waals surface area contributed by atoms with Gasteiger partial charge in [-0.15, -0.1) is 5.10 Å². The number of hydrogen-bond acceptors (Lipinski definition) is 5. The van der Waals surface area contributed by atoms with E-state index in [4.69, 9.17) is 4.74 Å². The van der Waals surface area contributed by atoms with Gasteiger partial charge in [-0.2, -0.15) is 5.10 Å². The van der Waals surface area contributed by atoms with Crippen molar-refractivity contribution in [3.8, 4) is 11.6 Å². The summed E-state index contributed by atoms with van der Waals surface area (Å²) in [5.74, 6) is -0.627. The van der Waals surface area contributed by atoms with Crippen LogP contribution in [0.1, 0.15) is 41.2 Å². The lowest BCUT2D eigenvalue weighted by Gasteiger charge is -2.12. The van der Waals surface area contributed by atoms with E-state index in [-0.39, 0.29) is 11.4 Å². The Kier molecular flexibility index (Phi) is 4.47. The number of aromatic carboxylic acids is 1. The summed E-state index contributed by atoms with van der Waals surface area (Å²) in [5, 5.41) is 17.4. The lowest BCUT2D eigenvalue weighted by molar-refractivity contribution is 0.0691. The quantitative estimate of drug-likeness (QED) is 0.910. The van der Waals surface area contributed by atoms with Gasteiger partial charge in [0.1, 0.15) is 11.3 Å². The fourth-order valence-electron chi connectivity index (χ4n) is 2.07. The summed E-state index contributed by atoms with van der Waals surface area (Å²) in [6, 6.07) is 3.50. The highest BCUT2D eigenvalue weighted by Gasteiger charge is 2.22. The molecule has 6 heteroatoms. The first-order valence-corrected chi connectivity index (χ1v) is 6.79. The van der Waals surface area contributed by atoms with Gasteiger partial charge in [0.15, 0.2) is 0 Å². The van der Waals surface area contributed by atoms with Crippen LogP contribution >= 0.6 is 0 Å². The highest BCUT2D eigenvalue weighted by Crippen LogP contribution is 2.27. The minimum atomic E-state index is -1.06. The van der Waals surface area contributed by atoms with Crippen molar-refractivity contribution in [3.05, 3.63) is 40.8 Å². The molecule has 0 aliphatic rings. The van der Waals surface area contributed by atoms with Gasteiger partial charge in [-0.1, -0.05) is 13.8 Å². The molecule has 0 fully saturated rings. The van der Waals surface area contributed by atoms with Gasteiger partial charge in [-0.25, -0.2) is 4.79 Å². The van der Waals surface area contributed by atoms with E-state index < -0.39 is 5.97 Å². The summed E-state index contributed by atoms with van der Waals surface area (Å²) in [5.41, 5.74) is 2.27. The van der Waals surface area contributed by atoms with Crippen molar-refractivity contribution in [1.82, 2.24) is 15.2 Å². The molecule has 0 amide bonds. The molecule has 0 aliphatic heterocycles. The van der Waals surface area contributed by atoms with Gasteiger partial charge >= 0.3 is 5.97 Å². The maximum atomic E-state index is 11.6. The third-order valence-corrected chi connectivity index (χ3v) is 3.13. The molecule has 2 aromatic heterocycles. The molecule has 110 valence electrons. The van der Waals surface area contributed by atoms with Gasteiger partial charge in [0.25, 0.3) is 5.88 Å². The second kappa shape index (κ2) is 6.30. The first-order valence-electron chi connectivity index (χ1n) is 6.79. The van der Waals surface area contributed by atoms with Crippen molar-refractivity contribution in [1.29, 1.82) is 0 Å². The summed E-state index contributed by atoms with van der Waals surface area (Å²) >= 11 is 0. The fourth-order valence-corrected chi connectivity index (χ4v) is 2.07. The van der Waals surface area contributed by atoms with E-state index in [9.17, 15) is 9.90 Å². The number of pyridine rings is 1. The average Bonchev–Trinajstić information content (AvgIpc) is 2.48. The van der Waals surface area contributed by atoms with Crippen LogP contribution in [0.5, 0.6) is 11.6 Å². The number of nitrogens with zero attached hydrogens (tertiary/aromatic N) is 3. The lowest BCUT2D eigenvalue weighted by Crippen LogP contribution is -2.11. The first-order chi connectivity index (χ1) is 10.1. The molecule has 2 aromatic rings. The molecule has 0 saturated carbocycles. The SMILES string of the molecule is CCc1nnc(Oc2ccc(C)nc2)c(C(=O)O)c1CC. The van der Waals surface area contributed by atoms with Crippen molar-refractivity contribution in [2.75, 3.05) is 0 Å². The summed E-state index contributed by atoms with van der Waals surface area (Å²) in [6.45, 7) is 5.66. The smallest absolute Gasteiger partial charge is 0.341 e. The minimum Gasteiger partial charge on any atom is -0.477 e. The van der Waals surface area contributed by atoms with Crippen molar-refractivity contribution < 1.29 is 14.6 Å². The molecular weight excluding hydrogens is 270 g/mol. The fraction of sp³-hybridized carbons (Fsp3) is 0.333. The van der Waals surface area contributed by atoms with Crippen LogP contribution < -0.4 is 4.74 Å². The second-order valence-corrected chi connectivity index (χ2v) is 4.56. The van der Waals surface area contributed by atoms with E-state index in [0.29, 0.717) is 29.8 Å². The Morgan fingerprint density at radius 2 is 2.00 bits per heavy atom. The number of aryl methyl sites for hydroxylation is 2. The highest BCUT2D eigenvalue weighted by molar-refractivity contribution is 5.92. The van der Waals surface area contributed by atoms with Crippen LogP contribution in [-0.2, 0) is 12.8 Å². The summed E-state index contributed by atoms with van der Waals surface area (Å²) in [6.07, 6.45) is 2.72. The predicted octanol–water partition coefficient (Wildman–Crippen LogP) is 2.80. The largest absolute Gasteiger partial charge is 0.477 e.